The number of carboxylic acid groups (broad SMARTS) is 1. The molecule has 0 radical (unpaired) electrons. The van der Waals surface area contributed by atoms with Crippen LogP contribution in [0.15, 0.2) is 29.2 Å². The molecule has 0 aliphatic carbocycles. The molecule has 0 spiro atoms. The van der Waals surface area contributed by atoms with Gasteiger partial charge >= 0.3 is 5.97 Å². The molecule has 1 aromatic carbocycles. The second-order valence-corrected chi connectivity index (χ2v) is 7.53. The van der Waals surface area contributed by atoms with Crippen molar-refractivity contribution < 1.29 is 23.1 Å². The molecule has 126 valence electrons. The summed E-state index contributed by atoms with van der Waals surface area (Å²) >= 11 is 0. The highest BCUT2D eigenvalue weighted by atomic mass is 32.2. The summed E-state index contributed by atoms with van der Waals surface area (Å²) in [6, 6.07) is 5.37. The van der Waals surface area contributed by atoms with Gasteiger partial charge in [0, 0.05) is 25.2 Å². The molecule has 1 fully saturated rings. The number of aliphatic carboxylic acids is 1. The highest BCUT2D eigenvalue weighted by molar-refractivity contribution is 7.89. The Morgan fingerprint density at radius 3 is 2.35 bits per heavy atom. The van der Waals surface area contributed by atoms with Crippen LogP contribution in [0.2, 0.25) is 0 Å². The van der Waals surface area contributed by atoms with Gasteiger partial charge in [0.1, 0.15) is 0 Å². The molecule has 23 heavy (non-hydrogen) atoms. The van der Waals surface area contributed by atoms with Gasteiger partial charge in [-0.05, 0) is 44.0 Å². The largest absolute Gasteiger partial charge is 0.481 e. The molecule has 0 aromatic heterocycles. The number of hydrogen-bond donors (Lipinski definition) is 2. The number of nitrogens with zero attached hydrogens (tertiary/aromatic N) is 1. The van der Waals surface area contributed by atoms with Gasteiger partial charge in [0.05, 0.1) is 10.8 Å². The van der Waals surface area contributed by atoms with Crippen molar-refractivity contribution in [2.75, 3.05) is 13.6 Å². The maximum atomic E-state index is 12.7. The van der Waals surface area contributed by atoms with E-state index in [0.29, 0.717) is 18.4 Å². The first-order valence-corrected chi connectivity index (χ1v) is 8.78. The van der Waals surface area contributed by atoms with Crippen LogP contribution in [0.1, 0.15) is 30.1 Å². The molecule has 8 heteroatoms. The summed E-state index contributed by atoms with van der Waals surface area (Å²) in [7, 11) is -2.29. The van der Waals surface area contributed by atoms with Crippen molar-refractivity contribution >= 4 is 21.9 Å². The fourth-order valence-corrected chi connectivity index (χ4v) is 4.38. The zero-order valence-electron chi connectivity index (χ0n) is 13.0. The van der Waals surface area contributed by atoms with E-state index in [0.717, 1.165) is 0 Å². The Labute approximate surface area is 135 Å². The van der Waals surface area contributed by atoms with Crippen molar-refractivity contribution in [3.05, 3.63) is 29.8 Å². The van der Waals surface area contributed by atoms with Crippen molar-refractivity contribution in [3.63, 3.8) is 0 Å². The number of sulfonamides is 1. The number of carbonyl (C=O) groups excluding carboxylic acids is 1. The van der Waals surface area contributed by atoms with Gasteiger partial charge in [-0.2, -0.15) is 4.31 Å². The molecule has 2 N–H and O–H groups in total. The van der Waals surface area contributed by atoms with Crippen LogP contribution >= 0.6 is 0 Å². The zero-order valence-corrected chi connectivity index (χ0v) is 13.8. The van der Waals surface area contributed by atoms with E-state index in [4.69, 9.17) is 5.11 Å². The molecule has 0 saturated carbocycles. The topological polar surface area (TPSA) is 104 Å². The predicted molar refractivity (Wildman–Crippen MR) is 83.5 cm³/mol. The molecule has 1 heterocycles. The fourth-order valence-electron chi connectivity index (χ4n) is 2.67. The Kier molecular flexibility index (Phi) is 5.06. The van der Waals surface area contributed by atoms with E-state index in [2.05, 4.69) is 5.32 Å². The highest BCUT2D eigenvalue weighted by Gasteiger charge is 2.37. The first-order chi connectivity index (χ1) is 10.8. The lowest BCUT2D eigenvalue weighted by Crippen LogP contribution is -2.47. The maximum Gasteiger partial charge on any atom is 0.307 e. The van der Waals surface area contributed by atoms with E-state index in [-0.39, 0.29) is 23.4 Å². The zero-order chi connectivity index (χ0) is 17.2. The standard InChI is InChI=1S/C15H20N2O5S/c1-10-3-4-12(15(19)20)9-17(10)23(21,22)13-7-5-11(6-8-13)14(18)16-2/h5-8,10,12H,3-4,9H2,1-2H3,(H,16,18)(H,19,20). The van der Waals surface area contributed by atoms with Gasteiger partial charge in [-0.25, -0.2) is 8.42 Å². The summed E-state index contributed by atoms with van der Waals surface area (Å²) in [5.41, 5.74) is 0.363. The predicted octanol–water partition coefficient (Wildman–Crippen LogP) is 0.920. The molecule has 1 aliphatic heterocycles. The number of piperidine rings is 1. The summed E-state index contributed by atoms with van der Waals surface area (Å²) in [4.78, 5) is 22.7. The Morgan fingerprint density at radius 1 is 1.22 bits per heavy atom. The smallest absolute Gasteiger partial charge is 0.307 e. The Bertz CT molecular complexity index is 699. The van der Waals surface area contributed by atoms with Gasteiger partial charge in [0.25, 0.3) is 5.91 Å². The first kappa shape index (κ1) is 17.4. The first-order valence-electron chi connectivity index (χ1n) is 7.34. The number of hydrogen-bond acceptors (Lipinski definition) is 4. The van der Waals surface area contributed by atoms with Crippen LogP contribution in [0.25, 0.3) is 0 Å². The van der Waals surface area contributed by atoms with Crippen LogP contribution in [-0.4, -0.2) is 49.3 Å². The monoisotopic (exact) mass is 340 g/mol. The van der Waals surface area contributed by atoms with Gasteiger partial charge in [-0.3, -0.25) is 9.59 Å². The molecule has 1 saturated heterocycles. The van der Waals surface area contributed by atoms with Crippen LogP contribution in [0, 0.1) is 5.92 Å². The molecular formula is C15H20N2O5S. The molecule has 2 unspecified atom stereocenters. The third-order valence-corrected chi connectivity index (χ3v) is 6.12. The highest BCUT2D eigenvalue weighted by Crippen LogP contribution is 2.28. The van der Waals surface area contributed by atoms with Gasteiger partial charge < -0.3 is 10.4 Å². The third-order valence-electron chi connectivity index (χ3n) is 4.12. The molecule has 0 bridgehead atoms. The Hall–Kier alpha value is -1.93. The van der Waals surface area contributed by atoms with E-state index in [1.165, 1.54) is 35.6 Å². The molecule has 2 atom stereocenters. The minimum absolute atomic E-state index is 0.0317. The van der Waals surface area contributed by atoms with Gasteiger partial charge in [0.15, 0.2) is 0 Å². The van der Waals surface area contributed by atoms with Crippen LogP contribution in [0.3, 0.4) is 0 Å². The molecule has 2 rings (SSSR count). The van der Waals surface area contributed by atoms with Crippen molar-refractivity contribution in [1.82, 2.24) is 9.62 Å². The number of carboxylic acids is 1. The Morgan fingerprint density at radius 2 is 1.83 bits per heavy atom. The van der Waals surface area contributed by atoms with Crippen molar-refractivity contribution in [1.29, 1.82) is 0 Å². The summed E-state index contributed by atoms with van der Waals surface area (Å²) in [5.74, 6) is -1.97. The number of benzene rings is 1. The average molecular weight is 340 g/mol. The van der Waals surface area contributed by atoms with E-state index in [9.17, 15) is 18.0 Å². The van der Waals surface area contributed by atoms with Crippen LogP contribution in [0.5, 0.6) is 0 Å². The van der Waals surface area contributed by atoms with E-state index >= 15 is 0 Å². The summed E-state index contributed by atoms with van der Waals surface area (Å²) in [6.45, 7) is 1.74. The lowest BCUT2D eigenvalue weighted by molar-refractivity contribution is -0.143. The quantitative estimate of drug-likeness (QED) is 0.848. The number of nitrogens with one attached hydrogen (secondary N) is 1. The molecule has 1 amide bonds. The Balaban J connectivity index is 2.29. The minimum Gasteiger partial charge on any atom is -0.481 e. The summed E-state index contributed by atoms with van der Waals surface area (Å²) in [6.07, 6.45) is 0.977. The molecule has 1 aromatic rings. The van der Waals surface area contributed by atoms with Gasteiger partial charge in [-0.15, -0.1) is 0 Å². The third kappa shape index (κ3) is 3.53. The number of amides is 1. The van der Waals surface area contributed by atoms with Crippen molar-refractivity contribution in [2.24, 2.45) is 5.92 Å². The van der Waals surface area contributed by atoms with Crippen molar-refractivity contribution in [3.8, 4) is 0 Å². The lowest BCUT2D eigenvalue weighted by Gasteiger charge is -2.35. The van der Waals surface area contributed by atoms with Crippen LogP contribution in [-0.2, 0) is 14.8 Å². The second kappa shape index (κ2) is 6.67. The van der Waals surface area contributed by atoms with Crippen LogP contribution in [0.4, 0.5) is 0 Å². The van der Waals surface area contributed by atoms with Crippen LogP contribution < -0.4 is 5.32 Å². The van der Waals surface area contributed by atoms with E-state index in [1.807, 2.05) is 0 Å². The normalized spacial score (nSPS) is 22.5. The SMILES string of the molecule is CNC(=O)c1ccc(S(=O)(=O)N2CC(C(=O)O)CCC2C)cc1. The summed E-state index contributed by atoms with van der Waals surface area (Å²) in [5, 5.41) is 11.6. The maximum absolute atomic E-state index is 12.7. The van der Waals surface area contributed by atoms with Gasteiger partial charge in [0.2, 0.25) is 10.0 Å². The lowest BCUT2D eigenvalue weighted by atomic mass is 9.96. The summed E-state index contributed by atoms with van der Waals surface area (Å²) < 4.78 is 26.7. The minimum atomic E-state index is -3.79. The van der Waals surface area contributed by atoms with E-state index in [1.54, 1.807) is 6.92 Å². The van der Waals surface area contributed by atoms with E-state index < -0.39 is 21.9 Å². The average Bonchev–Trinajstić information content (AvgIpc) is 2.54. The van der Waals surface area contributed by atoms with Gasteiger partial charge in [-0.1, -0.05) is 0 Å². The molecule has 1 aliphatic rings. The number of rotatable bonds is 4. The fraction of sp³-hybridized carbons (Fsp3) is 0.467. The molecular weight excluding hydrogens is 320 g/mol. The van der Waals surface area contributed by atoms with Crippen molar-refractivity contribution in [2.45, 2.75) is 30.7 Å². The second-order valence-electron chi connectivity index (χ2n) is 5.64. The number of carbonyl (C=O) groups is 2. The molecule has 7 nitrogen and oxygen atoms in total.